The Morgan fingerprint density at radius 3 is 2.80 bits per heavy atom. The Morgan fingerprint density at radius 2 is 2.10 bits per heavy atom. The topological polar surface area (TPSA) is 48.4 Å². The predicted octanol–water partition coefficient (Wildman–Crippen LogP) is 3.63. The molecule has 0 unspecified atom stereocenters. The lowest BCUT2D eigenvalue weighted by molar-refractivity contribution is 0.101. The minimum Gasteiger partial charge on any atom is -0.487 e. The fourth-order valence-corrected chi connectivity index (χ4v) is 2.07. The molecule has 0 radical (unpaired) electrons. The Labute approximate surface area is 125 Å². The largest absolute Gasteiger partial charge is 0.487 e. The van der Waals surface area contributed by atoms with Gasteiger partial charge in [0.2, 0.25) is 5.88 Å². The second-order valence-corrected chi connectivity index (χ2v) is 5.07. The van der Waals surface area contributed by atoms with Gasteiger partial charge in [0.1, 0.15) is 12.4 Å². The lowest BCUT2D eigenvalue weighted by Crippen LogP contribution is -2.03. The zero-order valence-electron chi connectivity index (χ0n) is 11.2. The van der Waals surface area contributed by atoms with Crippen LogP contribution in [-0.4, -0.2) is 17.9 Å². The van der Waals surface area contributed by atoms with Gasteiger partial charge in [-0.1, -0.05) is 22.0 Å². The fourth-order valence-electron chi connectivity index (χ4n) is 1.71. The van der Waals surface area contributed by atoms with E-state index < -0.39 is 0 Å². The highest BCUT2D eigenvalue weighted by Crippen LogP contribution is 2.24. The Bertz CT molecular complexity index is 628. The number of rotatable bonds is 5. The van der Waals surface area contributed by atoms with Gasteiger partial charge in [-0.15, -0.1) is 0 Å². The quantitative estimate of drug-likeness (QED) is 0.783. The van der Waals surface area contributed by atoms with Gasteiger partial charge in [-0.25, -0.2) is 4.98 Å². The van der Waals surface area contributed by atoms with Gasteiger partial charge in [-0.05, 0) is 31.2 Å². The lowest BCUT2D eigenvalue weighted by Gasteiger charge is -2.10. The molecule has 1 heterocycles. The molecule has 4 nitrogen and oxygen atoms in total. The molecule has 104 valence electrons. The van der Waals surface area contributed by atoms with E-state index in [0.29, 0.717) is 17.2 Å². The third kappa shape index (κ3) is 3.57. The normalized spacial score (nSPS) is 10.2. The molecule has 1 aromatic heterocycles. The Balaban J connectivity index is 2.16. The monoisotopic (exact) mass is 335 g/mol. The number of halogens is 1. The molecule has 0 N–H and O–H groups in total. The van der Waals surface area contributed by atoms with Crippen LogP contribution in [0.25, 0.3) is 0 Å². The van der Waals surface area contributed by atoms with Crippen LogP contribution in [0.1, 0.15) is 23.0 Å². The van der Waals surface area contributed by atoms with Crippen LogP contribution < -0.4 is 9.47 Å². The number of nitrogens with zero attached hydrogens (tertiary/aromatic N) is 1. The van der Waals surface area contributed by atoms with Gasteiger partial charge < -0.3 is 9.47 Å². The molecule has 0 bridgehead atoms. The molecule has 0 amide bonds. The van der Waals surface area contributed by atoms with Crippen molar-refractivity contribution in [3.8, 4) is 11.6 Å². The van der Waals surface area contributed by atoms with Gasteiger partial charge in [0.25, 0.3) is 0 Å². The van der Waals surface area contributed by atoms with Crippen LogP contribution in [-0.2, 0) is 6.61 Å². The maximum absolute atomic E-state index is 11.6. The SMILES string of the molecule is COc1cccc(COc2ccc(Br)cc2C(C)=O)n1. The van der Waals surface area contributed by atoms with Crippen molar-refractivity contribution in [1.29, 1.82) is 0 Å². The summed E-state index contributed by atoms with van der Waals surface area (Å²) in [6.07, 6.45) is 0. The Kier molecular flexibility index (Phi) is 4.74. The summed E-state index contributed by atoms with van der Waals surface area (Å²) in [5.74, 6) is 1.04. The fraction of sp³-hybridized carbons (Fsp3) is 0.200. The summed E-state index contributed by atoms with van der Waals surface area (Å²) < 4.78 is 11.6. The van der Waals surface area contributed by atoms with Gasteiger partial charge in [0.05, 0.1) is 18.4 Å². The molecule has 2 rings (SSSR count). The van der Waals surface area contributed by atoms with Crippen LogP contribution in [0.15, 0.2) is 40.9 Å². The van der Waals surface area contributed by atoms with Gasteiger partial charge >= 0.3 is 0 Å². The maximum Gasteiger partial charge on any atom is 0.213 e. The van der Waals surface area contributed by atoms with E-state index in [1.807, 2.05) is 18.2 Å². The smallest absolute Gasteiger partial charge is 0.213 e. The Morgan fingerprint density at radius 1 is 1.30 bits per heavy atom. The van der Waals surface area contributed by atoms with E-state index in [1.54, 1.807) is 25.3 Å². The minimum atomic E-state index is -0.0418. The van der Waals surface area contributed by atoms with E-state index >= 15 is 0 Å². The second-order valence-electron chi connectivity index (χ2n) is 4.16. The zero-order valence-corrected chi connectivity index (χ0v) is 12.8. The number of hydrogen-bond donors (Lipinski definition) is 0. The second kappa shape index (κ2) is 6.52. The van der Waals surface area contributed by atoms with E-state index in [2.05, 4.69) is 20.9 Å². The highest BCUT2D eigenvalue weighted by Gasteiger charge is 2.09. The summed E-state index contributed by atoms with van der Waals surface area (Å²) in [6.45, 7) is 1.79. The number of hydrogen-bond acceptors (Lipinski definition) is 4. The predicted molar refractivity (Wildman–Crippen MR) is 79.3 cm³/mol. The van der Waals surface area contributed by atoms with Crippen molar-refractivity contribution in [3.63, 3.8) is 0 Å². The van der Waals surface area contributed by atoms with Gasteiger partial charge in [-0.2, -0.15) is 0 Å². The van der Waals surface area contributed by atoms with Crippen molar-refractivity contribution >= 4 is 21.7 Å². The van der Waals surface area contributed by atoms with Crippen molar-refractivity contribution in [2.45, 2.75) is 13.5 Å². The average molecular weight is 336 g/mol. The molecule has 2 aromatic rings. The third-order valence-electron chi connectivity index (χ3n) is 2.69. The summed E-state index contributed by atoms with van der Waals surface area (Å²) in [7, 11) is 1.57. The van der Waals surface area contributed by atoms with Crippen LogP contribution in [0.3, 0.4) is 0 Å². The van der Waals surface area contributed by atoms with Crippen molar-refractivity contribution in [3.05, 3.63) is 52.1 Å². The van der Waals surface area contributed by atoms with E-state index in [4.69, 9.17) is 9.47 Å². The number of carbonyl (C=O) groups excluding carboxylic acids is 1. The molecule has 0 fully saturated rings. The summed E-state index contributed by atoms with van der Waals surface area (Å²) in [6, 6.07) is 10.8. The van der Waals surface area contributed by atoms with E-state index in [-0.39, 0.29) is 12.4 Å². The molecule has 0 aliphatic rings. The highest BCUT2D eigenvalue weighted by atomic mass is 79.9. The van der Waals surface area contributed by atoms with Crippen LogP contribution in [0.5, 0.6) is 11.6 Å². The zero-order chi connectivity index (χ0) is 14.5. The molecule has 0 saturated heterocycles. The van der Waals surface area contributed by atoms with Crippen molar-refractivity contribution < 1.29 is 14.3 Å². The first-order valence-electron chi connectivity index (χ1n) is 6.03. The summed E-state index contributed by atoms with van der Waals surface area (Å²) in [5.41, 5.74) is 1.28. The number of pyridine rings is 1. The number of ether oxygens (including phenoxy) is 2. The molecule has 0 aliphatic heterocycles. The molecular weight excluding hydrogens is 322 g/mol. The third-order valence-corrected chi connectivity index (χ3v) is 3.18. The van der Waals surface area contributed by atoms with Crippen molar-refractivity contribution in [2.75, 3.05) is 7.11 Å². The molecule has 0 spiro atoms. The number of benzene rings is 1. The summed E-state index contributed by atoms with van der Waals surface area (Å²) >= 11 is 3.34. The van der Waals surface area contributed by atoms with Crippen molar-refractivity contribution in [2.24, 2.45) is 0 Å². The van der Waals surface area contributed by atoms with Gasteiger partial charge in [-0.3, -0.25) is 4.79 Å². The first-order chi connectivity index (χ1) is 9.60. The standard InChI is InChI=1S/C15H14BrNO3/c1-10(18)13-8-11(16)6-7-14(13)20-9-12-4-3-5-15(17-12)19-2/h3-8H,9H2,1-2H3. The number of Topliss-reactive ketones (excluding diaryl/α,β-unsaturated/α-hetero) is 1. The van der Waals surface area contributed by atoms with Crippen LogP contribution >= 0.6 is 15.9 Å². The van der Waals surface area contributed by atoms with E-state index in [0.717, 1.165) is 10.2 Å². The van der Waals surface area contributed by atoms with E-state index in [9.17, 15) is 4.79 Å². The first kappa shape index (κ1) is 14.5. The first-order valence-corrected chi connectivity index (χ1v) is 6.82. The lowest BCUT2D eigenvalue weighted by atomic mass is 10.1. The minimum absolute atomic E-state index is 0.0418. The maximum atomic E-state index is 11.6. The van der Waals surface area contributed by atoms with Crippen molar-refractivity contribution in [1.82, 2.24) is 4.98 Å². The van der Waals surface area contributed by atoms with Crippen LogP contribution in [0.2, 0.25) is 0 Å². The highest BCUT2D eigenvalue weighted by molar-refractivity contribution is 9.10. The van der Waals surface area contributed by atoms with Crippen LogP contribution in [0.4, 0.5) is 0 Å². The molecule has 0 atom stereocenters. The molecule has 20 heavy (non-hydrogen) atoms. The molecule has 5 heteroatoms. The Hall–Kier alpha value is -1.88. The number of methoxy groups -OCH3 is 1. The number of aromatic nitrogens is 1. The van der Waals surface area contributed by atoms with Gasteiger partial charge in [0.15, 0.2) is 5.78 Å². The molecule has 1 aromatic carbocycles. The van der Waals surface area contributed by atoms with Crippen LogP contribution in [0, 0.1) is 0 Å². The summed E-state index contributed by atoms with van der Waals surface area (Å²) in [4.78, 5) is 15.9. The average Bonchev–Trinajstić information content (AvgIpc) is 2.46. The molecule has 0 saturated carbocycles. The summed E-state index contributed by atoms with van der Waals surface area (Å²) in [5, 5.41) is 0. The molecule has 0 aliphatic carbocycles. The number of carbonyl (C=O) groups is 1. The van der Waals surface area contributed by atoms with Gasteiger partial charge in [0, 0.05) is 10.5 Å². The molecular formula is C15H14BrNO3. The number of ketones is 1. The van der Waals surface area contributed by atoms with E-state index in [1.165, 1.54) is 6.92 Å².